The second-order valence-corrected chi connectivity index (χ2v) is 4.74. The van der Waals surface area contributed by atoms with Crippen molar-refractivity contribution in [2.45, 2.75) is 6.18 Å². The van der Waals surface area contributed by atoms with Gasteiger partial charge in [0, 0.05) is 12.6 Å². The zero-order chi connectivity index (χ0) is 16.1. The van der Waals surface area contributed by atoms with Crippen LogP contribution in [0.3, 0.4) is 0 Å². The molecule has 0 atom stereocenters. The van der Waals surface area contributed by atoms with Crippen LogP contribution in [0.25, 0.3) is 22.4 Å². The Labute approximate surface area is 122 Å². The molecule has 3 heterocycles. The van der Waals surface area contributed by atoms with Gasteiger partial charge in [0.15, 0.2) is 5.65 Å². The largest absolute Gasteiger partial charge is 0.449 e. The molecule has 0 saturated carbocycles. The van der Waals surface area contributed by atoms with Crippen LogP contribution < -0.4 is 11.5 Å². The van der Waals surface area contributed by atoms with Gasteiger partial charge in [0.2, 0.25) is 5.82 Å². The molecule has 0 fully saturated rings. The summed E-state index contributed by atoms with van der Waals surface area (Å²) in [5.74, 6) is -0.586. The second-order valence-electron chi connectivity index (χ2n) is 4.74. The van der Waals surface area contributed by atoms with Gasteiger partial charge in [-0.1, -0.05) is 0 Å². The van der Waals surface area contributed by atoms with E-state index in [0.717, 1.165) is 4.57 Å². The summed E-state index contributed by atoms with van der Waals surface area (Å²) in [6.07, 6.45) is -4.54. The van der Waals surface area contributed by atoms with Crippen LogP contribution >= 0.6 is 0 Å². The van der Waals surface area contributed by atoms with Crippen LogP contribution in [0.15, 0.2) is 24.3 Å². The molecule has 6 nitrogen and oxygen atoms in total. The molecule has 0 aliphatic carbocycles. The first-order valence-corrected chi connectivity index (χ1v) is 6.20. The number of aryl methyl sites for hydroxylation is 1. The summed E-state index contributed by atoms with van der Waals surface area (Å²) in [7, 11) is 1.27. The maximum Gasteiger partial charge on any atom is 0.449 e. The van der Waals surface area contributed by atoms with E-state index >= 15 is 0 Å². The van der Waals surface area contributed by atoms with Gasteiger partial charge >= 0.3 is 6.18 Å². The fourth-order valence-corrected chi connectivity index (χ4v) is 2.20. The smallest absolute Gasteiger partial charge is 0.384 e. The number of halogens is 3. The monoisotopic (exact) mass is 308 g/mol. The van der Waals surface area contributed by atoms with Crippen LogP contribution in [0.4, 0.5) is 24.8 Å². The number of nitrogen functional groups attached to an aromatic ring is 2. The van der Waals surface area contributed by atoms with Crippen molar-refractivity contribution in [3.63, 3.8) is 0 Å². The molecule has 3 rings (SSSR count). The number of alkyl halides is 3. The first-order valence-electron chi connectivity index (χ1n) is 6.20. The van der Waals surface area contributed by atoms with Crippen LogP contribution in [-0.2, 0) is 13.2 Å². The van der Waals surface area contributed by atoms with Crippen LogP contribution in [-0.4, -0.2) is 19.5 Å². The van der Waals surface area contributed by atoms with E-state index in [1.165, 1.54) is 13.1 Å². The van der Waals surface area contributed by atoms with Gasteiger partial charge in [-0.2, -0.15) is 13.2 Å². The molecular weight excluding hydrogens is 297 g/mol. The van der Waals surface area contributed by atoms with E-state index in [9.17, 15) is 13.2 Å². The average molecular weight is 308 g/mol. The third-order valence-corrected chi connectivity index (χ3v) is 3.13. The Morgan fingerprint density at radius 1 is 1.00 bits per heavy atom. The number of imidazole rings is 1. The lowest BCUT2D eigenvalue weighted by atomic mass is 10.1. The van der Waals surface area contributed by atoms with Gasteiger partial charge in [-0.3, -0.25) is 0 Å². The third kappa shape index (κ3) is 2.30. The lowest BCUT2D eigenvalue weighted by molar-refractivity contribution is -0.146. The van der Waals surface area contributed by atoms with E-state index in [0.29, 0.717) is 11.3 Å². The van der Waals surface area contributed by atoms with Crippen molar-refractivity contribution in [3.05, 3.63) is 30.1 Å². The maximum absolute atomic E-state index is 12.9. The number of anilines is 2. The molecule has 9 heteroatoms. The fraction of sp³-hybridized carbons (Fsp3) is 0.154. The van der Waals surface area contributed by atoms with Gasteiger partial charge in [-0.25, -0.2) is 15.0 Å². The van der Waals surface area contributed by atoms with Gasteiger partial charge < -0.3 is 16.0 Å². The molecule has 0 aromatic carbocycles. The van der Waals surface area contributed by atoms with Crippen molar-refractivity contribution in [2.75, 3.05) is 11.5 Å². The predicted molar refractivity (Wildman–Crippen MR) is 75.6 cm³/mol. The Hall–Kier alpha value is -2.84. The molecule has 4 N–H and O–H groups in total. The minimum Gasteiger partial charge on any atom is -0.384 e. The van der Waals surface area contributed by atoms with Gasteiger partial charge in [-0.05, 0) is 24.3 Å². The summed E-state index contributed by atoms with van der Waals surface area (Å²) >= 11 is 0. The first kappa shape index (κ1) is 14.1. The zero-order valence-corrected chi connectivity index (χ0v) is 11.4. The molecular formula is C13H11F3N6. The zero-order valence-electron chi connectivity index (χ0n) is 11.4. The van der Waals surface area contributed by atoms with Crippen molar-refractivity contribution in [1.82, 2.24) is 19.5 Å². The van der Waals surface area contributed by atoms with E-state index in [2.05, 4.69) is 15.0 Å². The Bertz CT molecular complexity index is 848. The van der Waals surface area contributed by atoms with Crippen molar-refractivity contribution in [2.24, 2.45) is 7.05 Å². The lowest BCUT2D eigenvalue weighted by Gasteiger charge is -2.06. The summed E-state index contributed by atoms with van der Waals surface area (Å²) in [5.41, 5.74) is 12.5. The molecule has 0 radical (unpaired) electrons. The molecule has 0 saturated heterocycles. The SMILES string of the molecule is Cn1c(C(F)(F)F)nc2ccc(-c3cc(N)nc(N)c3)nc21. The minimum atomic E-state index is -4.54. The van der Waals surface area contributed by atoms with Gasteiger partial charge in [-0.15, -0.1) is 0 Å². The van der Waals surface area contributed by atoms with Crippen LogP contribution in [0, 0.1) is 0 Å². The predicted octanol–water partition coefficient (Wildman–Crippen LogP) is 2.21. The maximum atomic E-state index is 12.9. The summed E-state index contributed by atoms with van der Waals surface area (Å²) in [4.78, 5) is 11.6. The van der Waals surface area contributed by atoms with E-state index in [1.54, 1.807) is 18.2 Å². The summed E-state index contributed by atoms with van der Waals surface area (Å²) in [5, 5.41) is 0. The Kier molecular flexibility index (Phi) is 2.94. The highest BCUT2D eigenvalue weighted by atomic mass is 19.4. The Morgan fingerprint density at radius 2 is 1.64 bits per heavy atom. The molecule has 0 aliphatic rings. The highest BCUT2D eigenvalue weighted by molar-refractivity contribution is 5.77. The second kappa shape index (κ2) is 4.58. The number of pyridine rings is 2. The fourth-order valence-electron chi connectivity index (χ4n) is 2.20. The van der Waals surface area contributed by atoms with Crippen molar-refractivity contribution < 1.29 is 13.2 Å². The summed E-state index contributed by atoms with van der Waals surface area (Å²) < 4.78 is 39.5. The van der Waals surface area contributed by atoms with Crippen LogP contribution in [0.2, 0.25) is 0 Å². The summed E-state index contributed by atoms with van der Waals surface area (Å²) in [6, 6.07) is 6.13. The molecule has 0 amide bonds. The quantitative estimate of drug-likeness (QED) is 0.718. The molecule has 0 bridgehead atoms. The highest BCUT2D eigenvalue weighted by Gasteiger charge is 2.37. The topological polar surface area (TPSA) is 95.6 Å². The number of nitrogens with zero attached hydrogens (tertiary/aromatic N) is 4. The van der Waals surface area contributed by atoms with Crippen molar-refractivity contribution >= 4 is 22.8 Å². The number of fused-ring (bicyclic) bond motifs is 1. The Balaban J connectivity index is 2.19. The van der Waals surface area contributed by atoms with E-state index in [4.69, 9.17) is 11.5 Å². The van der Waals surface area contributed by atoms with Gasteiger partial charge in [0.1, 0.15) is 17.2 Å². The molecule has 3 aromatic rings. The number of hydrogen-bond donors (Lipinski definition) is 2. The number of rotatable bonds is 1. The van der Waals surface area contributed by atoms with Gasteiger partial charge in [0.05, 0.1) is 5.69 Å². The molecule has 0 unspecified atom stereocenters. The standard InChI is InChI=1S/C13H11F3N6/c1-22-11-8(20-12(22)13(14,15)16)3-2-7(19-11)6-4-9(17)21-10(18)5-6/h2-5H,1H3,(H4,17,18,21). The van der Waals surface area contributed by atoms with Crippen molar-refractivity contribution in [3.8, 4) is 11.3 Å². The molecule has 3 aromatic heterocycles. The third-order valence-electron chi connectivity index (χ3n) is 3.13. The Morgan fingerprint density at radius 3 is 2.23 bits per heavy atom. The molecule has 114 valence electrons. The minimum absolute atomic E-state index is 0.124. The van der Waals surface area contributed by atoms with Crippen LogP contribution in [0.5, 0.6) is 0 Å². The molecule has 0 aliphatic heterocycles. The van der Waals surface area contributed by atoms with E-state index in [-0.39, 0.29) is 22.8 Å². The highest BCUT2D eigenvalue weighted by Crippen LogP contribution is 2.31. The molecule has 0 spiro atoms. The number of aromatic nitrogens is 4. The van der Waals surface area contributed by atoms with Crippen LogP contribution in [0.1, 0.15) is 5.82 Å². The van der Waals surface area contributed by atoms with Gasteiger partial charge in [0.25, 0.3) is 0 Å². The molecule has 22 heavy (non-hydrogen) atoms. The summed E-state index contributed by atoms with van der Waals surface area (Å²) in [6.45, 7) is 0. The first-order chi connectivity index (χ1) is 10.3. The normalized spacial score (nSPS) is 12.0. The van der Waals surface area contributed by atoms with E-state index < -0.39 is 12.0 Å². The van der Waals surface area contributed by atoms with Crippen molar-refractivity contribution in [1.29, 1.82) is 0 Å². The average Bonchev–Trinajstić information content (AvgIpc) is 2.74. The van der Waals surface area contributed by atoms with E-state index in [1.807, 2.05) is 0 Å². The number of hydrogen-bond acceptors (Lipinski definition) is 5. The number of nitrogens with two attached hydrogens (primary N) is 2. The lowest BCUT2D eigenvalue weighted by Crippen LogP contribution is -2.12.